The monoisotopic (exact) mass is 496 g/mol. The SMILES string of the molecule is CCCN(CC(=O)Nc1ccc(Cl)c(S(=O)(=O)N(C)C)c1)CC(=O)Nc1ccccc1OC. The summed E-state index contributed by atoms with van der Waals surface area (Å²) in [5, 5.41) is 5.53. The zero-order valence-electron chi connectivity index (χ0n) is 19.1. The number of carbonyl (C=O) groups is 2. The van der Waals surface area contributed by atoms with Crippen molar-refractivity contribution in [2.24, 2.45) is 0 Å². The lowest BCUT2D eigenvalue weighted by Crippen LogP contribution is -2.39. The van der Waals surface area contributed by atoms with E-state index in [0.717, 1.165) is 10.7 Å². The summed E-state index contributed by atoms with van der Waals surface area (Å²) in [6, 6.07) is 11.3. The molecule has 0 fully saturated rings. The van der Waals surface area contributed by atoms with Gasteiger partial charge in [-0.1, -0.05) is 30.7 Å². The Balaban J connectivity index is 2.06. The van der Waals surface area contributed by atoms with Gasteiger partial charge < -0.3 is 15.4 Å². The van der Waals surface area contributed by atoms with Crippen molar-refractivity contribution in [3.05, 3.63) is 47.5 Å². The van der Waals surface area contributed by atoms with E-state index in [9.17, 15) is 18.0 Å². The number of hydrogen-bond acceptors (Lipinski definition) is 6. The van der Waals surface area contributed by atoms with Crippen LogP contribution < -0.4 is 15.4 Å². The van der Waals surface area contributed by atoms with Crippen LogP contribution in [0.25, 0.3) is 0 Å². The molecular formula is C22H29ClN4O5S. The average molecular weight is 497 g/mol. The van der Waals surface area contributed by atoms with Gasteiger partial charge in [0.05, 0.1) is 30.9 Å². The minimum Gasteiger partial charge on any atom is -0.495 e. The Morgan fingerprint density at radius 3 is 2.27 bits per heavy atom. The Kier molecular flexibility index (Phi) is 9.66. The van der Waals surface area contributed by atoms with Crippen LogP contribution in [0.1, 0.15) is 13.3 Å². The van der Waals surface area contributed by atoms with Crippen LogP contribution in [0.4, 0.5) is 11.4 Å². The summed E-state index contributed by atoms with van der Waals surface area (Å²) in [5.41, 5.74) is 0.835. The van der Waals surface area contributed by atoms with Gasteiger partial charge in [0.25, 0.3) is 0 Å². The highest BCUT2D eigenvalue weighted by Gasteiger charge is 2.22. The maximum absolute atomic E-state index is 12.6. The molecule has 0 saturated carbocycles. The third kappa shape index (κ3) is 7.43. The Morgan fingerprint density at radius 1 is 1.03 bits per heavy atom. The lowest BCUT2D eigenvalue weighted by molar-refractivity contribution is -0.120. The van der Waals surface area contributed by atoms with Crippen LogP contribution in [0.3, 0.4) is 0 Å². The Morgan fingerprint density at radius 2 is 1.67 bits per heavy atom. The molecule has 0 aliphatic heterocycles. The number of ether oxygens (including phenoxy) is 1. The number of sulfonamides is 1. The molecule has 0 saturated heterocycles. The van der Waals surface area contributed by atoms with E-state index in [4.69, 9.17) is 16.3 Å². The Hall–Kier alpha value is -2.66. The second-order valence-electron chi connectivity index (χ2n) is 7.44. The Bertz CT molecular complexity index is 1090. The molecule has 9 nitrogen and oxygen atoms in total. The number of carbonyl (C=O) groups excluding carboxylic acids is 2. The van der Waals surface area contributed by atoms with Gasteiger partial charge in [-0.15, -0.1) is 0 Å². The fraction of sp³-hybridized carbons (Fsp3) is 0.364. The van der Waals surface area contributed by atoms with Crippen LogP contribution in [-0.4, -0.2) is 70.3 Å². The normalized spacial score (nSPS) is 11.5. The molecule has 0 atom stereocenters. The fourth-order valence-electron chi connectivity index (χ4n) is 3.05. The Labute approximate surface area is 199 Å². The van der Waals surface area contributed by atoms with Crippen molar-refractivity contribution in [1.82, 2.24) is 9.21 Å². The highest BCUT2D eigenvalue weighted by Crippen LogP contribution is 2.27. The van der Waals surface area contributed by atoms with Crippen LogP contribution in [0.2, 0.25) is 5.02 Å². The fourth-order valence-corrected chi connectivity index (χ4v) is 4.44. The average Bonchev–Trinajstić information content (AvgIpc) is 2.75. The smallest absolute Gasteiger partial charge is 0.244 e. The number of rotatable bonds is 11. The molecule has 0 radical (unpaired) electrons. The number of nitrogens with one attached hydrogen (secondary N) is 2. The number of para-hydroxylation sites is 2. The first-order chi connectivity index (χ1) is 15.6. The lowest BCUT2D eigenvalue weighted by atomic mass is 10.3. The summed E-state index contributed by atoms with van der Waals surface area (Å²) >= 11 is 6.05. The summed E-state index contributed by atoms with van der Waals surface area (Å²) in [7, 11) is 0.543. The number of hydrogen-bond donors (Lipinski definition) is 2. The van der Waals surface area contributed by atoms with Gasteiger partial charge in [-0.25, -0.2) is 12.7 Å². The largest absolute Gasteiger partial charge is 0.495 e. The van der Waals surface area contributed by atoms with Gasteiger partial charge in [0.1, 0.15) is 10.6 Å². The number of benzene rings is 2. The van der Waals surface area contributed by atoms with Gasteiger partial charge in [0.2, 0.25) is 21.8 Å². The molecule has 0 unspecified atom stereocenters. The first-order valence-corrected chi connectivity index (χ1v) is 12.1. The van der Waals surface area contributed by atoms with Gasteiger partial charge in [0, 0.05) is 19.8 Å². The molecule has 2 N–H and O–H groups in total. The van der Waals surface area contributed by atoms with Crippen molar-refractivity contribution in [2.75, 3.05) is 51.5 Å². The molecule has 0 aliphatic rings. The molecule has 2 rings (SSSR count). The van der Waals surface area contributed by atoms with Crippen molar-refractivity contribution < 1.29 is 22.7 Å². The number of halogens is 1. The zero-order valence-corrected chi connectivity index (χ0v) is 20.7. The quantitative estimate of drug-likeness (QED) is 0.495. The summed E-state index contributed by atoms with van der Waals surface area (Å²) in [5.74, 6) is -0.132. The summed E-state index contributed by atoms with van der Waals surface area (Å²) in [4.78, 5) is 26.8. The molecule has 0 heterocycles. The van der Waals surface area contributed by atoms with Gasteiger partial charge in [-0.3, -0.25) is 14.5 Å². The molecular weight excluding hydrogens is 468 g/mol. The predicted molar refractivity (Wildman–Crippen MR) is 129 cm³/mol. The van der Waals surface area contributed by atoms with Crippen molar-refractivity contribution in [1.29, 1.82) is 0 Å². The van der Waals surface area contributed by atoms with Crippen LogP contribution in [0, 0.1) is 0 Å². The summed E-state index contributed by atoms with van der Waals surface area (Å²) in [6.07, 6.45) is 0.737. The summed E-state index contributed by atoms with van der Waals surface area (Å²) < 4.78 is 31.2. The van der Waals surface area contributed by atoms with Crippen LogP contribution in [0.5, 0.6) is 5.75 Å². The van der Waals surface area contributed by atoms with E-state index in [0.29, 0.717) is 23.7 Å². The molecule has 0 bridgehead atoms. The number of nitrogens with zero attached hydrogens (tertiary/aromatic N) is 2. The first-order valence-electron chi connectivity index (χ1n) is 10.3. The third-order valence-corrected chi connectivity index (χ3v) is 6.93. The van der Waals surface area contributed by atoms with Crippen LogP contribution in [0.15, 0.2) is 47.4 Å². The van der Waals surface area contributed by atoms with Gasteiger partial charge in [0.15, 0.2) is 0 Å². The van der Waals surface area contributed by atoms with Crippen molar-refractivity contribution in [3.63, 3.8) is 0 Å². The molecule has 11 heteroatoms. The van der Waals surface area contributed by atoms with E-state index in [2.05, 4.69) is 10.6 Å². The predicted octanol–water partition coefficient (Wildman–Crippen LogP) is 2.89. The topological polar surface area (TPSA) is 108 Å². The maximum atomic E-state index is 12.6. The van der Waals surface area contributed by atoms with Gasteiger partial charge in [-0.05, 0) is 43.3 Å². The second kappa shape index (κ2) is 12.0. The molecule has 2 amide bonds. The van der Waals surface area contributed by atoms with Crippen LogP contribution >= 0.6 is 11.6 Å². The first kappa shape index (κ1) is 26.6. The van der Waals surface area contributed by atoms with E-state index in [1.165, 1.54) is 39.4 Å². The van der Waals surface area contributed by atoms with Crippen LogP contribution in [-0.2, 0) is 19.6 Å². The highest BCUT2D eigenvalue weighted by atomic mass is 35.5. The molecule has 0 aromatic heterocycles. The lowest BCUT2D eigenvalue weighted by Gasteiger charge is -2.21. The number of methoxy groups -OCH3 is 1. The molecule has 0 aliphatic carbocycles. The van der Waals surface area contributed by atoms with E-state index < -0.39 is 10.0 Å². The number of amides is 2. The molecule has 33 heavy (non-hydrogen) atoms. The molecule has 180 valence electrons. The minimum atomic E-state index is -3.77. The van der Waals surface area contributed by atoms with Crippen molar-refractivity contribution in [3.8, 4) is 5.75 Å². The van der Waals surface area contributed by atoms with Gasteiger partial charge in [-0.2, -0.15) is 0 Å². The standard InChI is InChI=1S/C22H29ClN4O5S/c1-5-12-27(15-22(29)25-18-8-6-7-9-19(18)32-4)14-21(28)24-16-10-11-17(23)20(13-16)33(30,31)26(2)3/h6-11,13H,5,12,14-15H2,1-4H3,(H,24,28)(H,25,29). The van der Waals surface area contributed by atoms with E-state index >= 15 is 0 Å². The summed E-state index contributed by atoms with van der Waals surface area (Å²) in [6.45, 7) is 2.42. The van der Waals surface area contributed by atoms with E-state index in [-0.39, 0.29) is 34.8 Å². The van der Waals surface area contributed by atoms with Crippen molar-refractivity contribution >= 4 is 44.8 Å². The van der Waals surface area contributed by atoms with E-state index in [1.807, 2.05) is 6.92 Å². The number of anilines is 2. The van der Waals surface area contributed by atoms with Crippen molar-refractivity contribution in [2.45, 2.75) is 18.2 Å². The molecule has 2 aromatic rings. The van der Waals surface area contributed by atoms with E-state index in [1.54, 1.807) is 29.2 Å². The molecule has 0 spiro atoms. The zero-order chi connectivity index (χ0) is 24.6. The van der Waals surface area contributed by atoms with Gasteiger partial charge >= 0.3 is 0 Å². The second-order valence-corrected chi connectivity index (χ2v) is 9.97. The third-order valence-electron chi connectivity index (χ3n) is 4.63. The highest BCUT2D eigenvalue weighted by molar-refractivity contribution is 7.89. The maximum Gasteiger partial charge on any atom is 0.244 e. The minimum absolute atomic E-state index is 0.000184. The molecule has 2 aromatic carbocycles.